The summed E-state index contributed by atoms with van der Waals surface area (Å²) in [5, 5.41) is 7.87. The van der Waals surface area contributed by atoms with Crippen LogP contribution in [-0.2, 0) is 4.79 Å². The molecule has 2 aromatic carbocycles. The van der Waals surface area contributed by atoms with Gasteiger partial charge in [-0.25, -0.2) is 0 Å². The Morgan fingerprint density at radius 3 is 2.39 bits per heavy atom. The third-order valence-electron chi connectivity index (χ3n) is 5.36. The molecule has 0 spiro atoms. The van der Waals surface area contributed by atoms with E-state index in [1.807, 2.05) is 55.6 Å². The highest BCUT2D eigenvalue weighted by atomic mass is 32.1. The topological polar surface area (TPSA) is 58.2 Å². The largest absolute Gasteiger partial charge is 0.344 e. The Labute approximate surface area is 188 Å². The number of rotatable bonds is 7. The summed E-state index contributed by atoms with van der Waals surface area (Å²) in [5.74, 6) is -0.601. The molecule has 0 fully saturated rings. The highest BCUT2D eigenvalue weighted by Gasteiger charge is 2.20. The zero-order valence-electron chi connectivity index (χ0n) is 18.4. The van der Waals surface area contributed by atoms with Gasteiger partial charge >= 0.3 is 0 Å². The van der Waals surface area contributed by atoms with Crippen molar-refractivity contribution in [3.8, 4) is 0 Å². The summed E-state index contributed by atoms with van der Waals surface area (Å²) < 4.78 is 0. The maximum Gasteiger partial charge on any atom is 0.268 e. The van der Waals surface area contributed by atoms with Crippen LogP contribution in [0.3, 0.4) is 0 Å². The fourth-order valence-electron chi connectivity index (χ4n) is 3.33. The molecule has 2 amide bonds. The maximum absolute atomic E-state index is 13.2. The second-order valence-corrected chi connectivity index (χ2v) is 8.60. The van der Waals surface area contributed by atoms with Gasteiger partial charge in [-0.15, -0.1) is 11.3 Å². The van der Waals surface area contributed by atoms with Crippen LogP contribution in [0, 0.1) is 20.8 Å². The van der Waals surface area contributed by atoms with E-state index in [-0.39, 0.29) is 23.6 Å². The minimum Gasteiger partial charge on any atom is -0.344 e. The first-order valence-corrected chi connectivity index (χ1v) is 11.3. The summed E-state index contributed by atoms with van der Waals surface area (Å²) in [5.41, 5.74) is 5.10. The van der Waals surface area contributed by atoms with Gasteiger partial charge in [0.1, 0.15) is 5.70 Å². The molecule has 31 heavy (non-hydrogen) atoms. The van der Waals surface area contributed by atoms with E-state index < -0.39 is 0 Å². The van der Waals surface area contributed by atoms with Crippen molar-refractivity contribution >= 4 is 29.2 Å². The van der Waals surface area contributed by atoms with Gasteiger partial charge in [-0.3, -0.25) is 9.59 Å². The average Bonchev–Trinajstić information content (AvgIpc) is 3.27. The van der Waals surface area contributed by atoms with Gasteiger partial charge in [0, 0.05) is 10.4 Å². The van der Waals surface area contributed by atoms with Gasteiger partial charge in [-0.05, 0) is 73.0 Å². The van der Waals surface area contributed by atoms with E-state index in [0.717, 1.165) is 22.4 Å². The van der Waals surface area contributed by atoms with Gasteiger partial charge in [0.05, 0.1) is 6.04 Å². The zero-order chi connectivity index (χ0) is 22.4. The third kappa shape index (κ3) is 5.70. The molecule has 5 heteroatoms. The second-order valence-electron chi connectivity index (χ2n) is 7.62. The van der Waals surface area contributed by atoms with E-state index in [1.165, 1.54) is 22.5 Å². The Balaban J connectivity index is 1.86. The molecule has 0 aliphatic carbocycles. The molecule has 0 aliphatic rings. The van der Waals surface area contributed by atoms with Gasteiger partial charge in [0.2, 0.25) is 0 Å². The highest BCUT2D eigenvalue weighted by Crippen LogP contribution is 2.21. The lowest BCUT2D eigenvalue weighted by atomic mass is 9.99. The Morgan fingerprint density at radius 1 is 0.968 bits per heavy atom. The Morgan fingerprint density at radius 2 is 1.74 bits per heavy atom. The van der Waals surface area contributed by atoms with Gasteiger partial charge in [0.15, 0.2) is 0 Å². The molecule has 3 rings (SSSR count). The molecule has 3 aromatic rings. The summed E-state index contributed by atoms with van der Waals surface area (Å²) >= 11 is 1.51. The SMILES string of the molecule is CC[C@H](NC(=O)/C(=C/c1cccs1)NC(=O)c1ccccc1C)c1ccc(C)c(C)c1. The van der Waals surface area contributed by atoms with Crippen LogP contribution in [0.1, 0.15) is 56.9 Å². The van der Waals surface area contributed by atoms with Crippen molar-refractivity contribution in [2.24, 2.45) is 0 Å². The Kier molecular flexibility index (Phi) is 7.42. The highest BCUT2D eigenvalue weighted by molar-refractivity contribution is 7.10. The van der Waals surface area contributed by atoms with E-state index in [1.54, 1.807) is 12.1 Å². The number of hydrogen-bond acceptors (Lipinski definition) is 3. The molecular formula is C26H28N2O2S. The second kappa shape index (κ2) is 10.2. The van der Waals surface area contributed by atoms with Crippen LogP contribution < -0.4 is 10.6 Å². The zero-order valence-corrected chi connectivity index (χ0v) is 19.2. The number of thiophene rings is 1. The fourth-order valence-corrected chi connectivity index (χ4v) is 3.99. The van der Waals surface area contributed by atoms with Crippen LogP contribution >= 0.6 is 11.3 Å². The lowest BCUT2D eigenvalue weighted by Crippen LogP contribution is -2.37. The molecule has 0 aliphatic heterocycles. The van der Waals surface area contributed by atoms with E-state index in [9.17, 15) is 9.59 Å². The minimum atomic E-state index is -0.305. The summed E-state index contributed by atoms with van der Waals surface area (Å²) in [6, 6.07) is 17.3. The predicted molar refractivity (Wildman–Crippen MR) is 128 cm³/mol. The Bertz CT molecular complexity index is 1100. The van der Waals surface area contributed by atoms with Crippen LogP contribution in [0.25, 0.3) is 6.08 Å². The number of benzene rings is 2. The molecule has 0 saturated carbocycles. The average molecular weight is 433 g/mol. The summed E-state index contributed by atoms with van der Waals surface area (Å²) in [6.45, 7) is 8.05. The molecule has 4 nitrogen and oxygen atoms in total. The van der Waals surface area contributed by atoms with E-state index in [4.69, 9.17) is 0 Å². The van der Waals surface area contributed by atoms with Crippen molar-refractivity contribution in [2.75, 3.05) is 0 Å². The first-order valence-electron chi connectivity index (χ1n) is 10.4. The van der Waals surface area contributed by atoms with Crippen LogP contribution in [0.5, 0.6) is 0 Å². The van der Waals surface area contributed by atoms with Crippen molar-refractivity contribution in [1.29, 1.82) is 0 Å². The summed E-state index contributed by atoms with van der Waals surface area (Å²) in [6.07, 6.45) is 2.47. The van der Waals surface area contributed by atoms with Crippen molar-refractivity contribution in [2.45, 2.75) is 40.2 Å². The number of hydrogen-bond donors (Lipinski definition) is 2. The van der Waals surface area contributed by atoms with Gasteiger partial charge in [-0.2, -0.15) is 0 Å². The maximum atomic E-state index is 13.2. The number of amides is 2. The number of nitrogens with one attached hydrogen (secondary N) is 2. The Hall–Kier alpha value is -3.18. The lowest BCUT2D eigenvalue weighted by molar-refractivity contribution is -0.118. The van der Waals surface area contributed by atoms with Crippen molar-refractivity contribution in [3.05, 3.63) is 98.4 Å². The normalized spacial score (nSPS) is 12.3. The van der Waals surface area contributed by atoms with Gasteiger partial charge < -0.3 is 10.6 Å². The predicted octanol–water partition coefficient (Wildman–Crippen LogP) is 5.71. The molecule has 0 unspecified atom stereocenters. The van der Waals surface area contributed by atoms with E-state index >= 15 is 0 Å². The smallest absolute Gasteiger partial charge is 0.268 e. The quantitative estimate of drug-likeness (QED) is 0.470. The summed E-state index contributed by atoms with van der Waals surface area (Å²) in [4.78, 5) is 27.0. The van der Waals surface area contributed by atoms with Crippen LogP contribution in [0.2, 0.25) is 0 Å². The van der Waals surface area contributed by atoms with Crippen molar-refractivity contribution in [1.82, 2.24) is 10.6 Å². The molecule has 160 valence electrons. The standard InChI is InChI=1S/C26H28N2O2S/c1-5-23(20-13-12-17(2)19(4)15-20)27-26(30)24(16-21-10-8-14-31-21)28-25(29)22-11-7-6-9-18(22)3/h6-16,23H,5H2,1-4H3,(H,27,30)(H,28,29)/b24-16-/t23-/m0/s1. The fraction of sp³-hybridized carbons (Fsp3) is 0.231. The third-order valence-corrected chi connectivity index (χ3v) is 6.18. The van der Waals surface area contributed by atoms with Gasteiger partial charge in [-0.1, -0.05) is 49.4 Å². The molecule has 2 N–H and O–H groups in total. The number of carbonyl (C=O) groups is 2. The number of aryl methyl sites for hydroxylation is 3. The van der Waals surface area contributed by atoms with Crippen molar-refractivity contribution < 1.29 is 9.59 Å². The molecule has 0 saturated heterocycles. The molecule has 1 aromatic heterocycles. The van der Waals surface area contributed by atoms with Crippen LogP contribution in [-0.4, -0.2) is 11.8 Å². The molecule has 1 atom stereocenters. The van der Waals surface area contributed by atoms with E-state index in [0.29, 0.717) is 5.56 Å². The lowest BCUT2D eigenvalue weighted by Gasteiger charge is -2.20. The monoisotopic (exact) mass is 432 g/mol. The molecule has 0 bridgehead atoms. The van der Waals surface area contributed by atoms with Gasteiger partial charge in [0.25, 0.3) is 11.8 Å². The molecule has 1 heterocycles. The minimum absolute atomic E-state index is 0.145. The van der Waals surface area contributed by atoms with Crippen molar-refractivity contribution in [3.63, 3.8) is 0 Å². The molecular weight excluding hydrogens is 404 g/mol. The summed E-state index contributed by atoms with van der Waals surface area (Å²) in [7, 11) is 0. The molecule has 0 radical (unpaired) electrons. The first-order chi connectivity index (χ1) is 14.9. The van der Waals surface area contributed by atoms with E-state index in [2.05, 4.69) is 36.6 Å². The van der Waals surface area contributed by atoms with Crippen LogP contribution in [0.15, 0.2) is 65.7 Å². The first kappa shape index (κ1) is 22.5. The number of carbonyl (C=O) groups excluding carboxylic acids is 2. The van der Waals surface area contributed by atoms with Crippen LogP contribution in [0.4, 0.5) is 0 Å².